The molecular weight excluding hydrogens is 268 g/mol. The van der Waals surface area contributed by atoms with Gasteiger partial charge in [0.05, 0.1) is 6.54 Å². The van der Waals surface area contributed by atoms with Gasteiger partial charge in [0, 0.05) is 10.9 Å². The Morgan fingerprint density at radius 2 is 2.38 bits per heavy atom. The monoisotopic (exact) mass is 282 g/mol. The molecule has 1 unspecified atom stereocenters. The number of nitrogens with zero attached hydrogens (tertiary/aromatic N) is 1. The molecule has 0 aromatic heterocycles. The molecule has 16 heavy (non-hydrogen) atoms. The topological polar surface area (TPSA) is 47.6 Å². The minimum absolute atomic E-state index is 0.0743. The van der Waals surface area contributed by atoms with Crippen molar-refractivity contribution in [2.45, 2.75) is 18.9 Å². The van der Waals surface area contributed by atoms with Crippen LogP contribution in [0.4, 0.5) is 0 Å². The van der Waals surface area contributed by atoms with E-state index in [4.69, 9.17) is 10.5 Å². The smallest absolute Gasteiger partial charge is 0.184 e. The first-order valence-electron chi connectivity index (χ1n) is 5.45. The molecule has 1 heterocycles. The molecule has 1 atom stereocenters. The zero-order chi connectivity index (χ0) is 11.4. The van der Waals surface area contributed by atoms with Gasteiger partial charge in [-0.25, -0.2) is 0 Å². The van der Waals surface area contributed by atoms with Crippen molar-refractivity contribution in [3.05, 3.63) is 34.3 Å². The minimum Gasteiger partial charge on any atom is -0.471 e. The average Bonchev–Trinajstić information content (AvgIpc) is 2.75. The van der Waals surface area contributed by atoms with Crippen LogP contribution in [0, 0.1) is 0 Å². The molecule has 0 amide bonds. The lowest BCUT2D eigenvalue weighted by molar-refractivity contribution is 0.223. The van der Waals surface area contributed by atoms with E-state index in [0.29, 0.717) is 6.54 Å². The summed E-state index contributed by atoms with van der Waals surface area (Å²) in [5.41, 5.74) is 6.62. The normalized spacial score (nSPS) is 19.4. The molecule has 0 radical (unpaired) electrons. The summed E-state index contributed by atoms with van der Waals surface area (Å²) in [6, 6.07) is 8.16. The first-order valence-corrected chi connectivity index (χ1v) is 6.24. The maximum Gasteiger partial charge on any atom is 0.184 e. The van der Waals surface area contributed by atoms with Gasteiger partial charge < -0.3 is 10.5 Å². The van der Waals surface area contributed by atoms with Gasteiger partial charge in [-0.15, -0.1) is 0 Å². The Hall–Kier alpha value is -0.870. The molecule has 2 N–H and O–H groups in total. The molecule has 0 bridgehead atoms. The van der Waals surface area contributed by atoms with Crippen molar-refractivity contribution in [2.24, 2.45) is 10.7 Å². The molecule has 1 aromatic carbocycles. The predicted molar refractivity (Wildman–Crippen MR) is 68.6 cm³/mol. The van der Waals surface area contributed by atoms with E-state index in [1.807, 2.05) is 12.1 Å². The van der Waals surface area contributed by atoms with E-state index in [9.17, 15) is 0 Å². The highest BCUT2D eigenvalue weighted by Gasteiger charge is 2.20. The van der Waals surface area contributed by atoms with E-state index >= 15 is 0 Å². The van der Waals surface area contributed by atoms with E-state index in [-0.39, 0.29) is 6.10 Å². The minimum atomic E-state index is 0.0743. The fourth-order valence-electron chi connectivity index (χ4n) is 1.70. The lowest BCUT2D eigenvalue weighted by atomic mass is 10.1. The summed E-state index contributed by atoms with van der Waals surface area (Å²) in [5, 5.41) is 0. The SMILES string of the molecule is NCCCC1=NCC(c2cccc(Br)c2)O1. The number of halogens is 1. The molecule has 1 aromatic rings. The van der Waals surface area contributed by atoms with Crippen molar-refractivity contribution in [3.63, 3.8) is 0 Å². The van der Waals surface area contributed by atoms with Crippen LogP contribution in [0.1, 0.15) is 24.5 Å². The highest BCUT2D eigenvalue weighted by Crippen LogP contribution is 2.26. The van der Waals surface area contributed by atoms with Gasteiger partial charge in [0.2, 0.25) is 0 Å². The van der Waals surface area contributed by atoms with Gasteiger partial charge in [-0.1, -0.05) is 28.1 Å². The average molecular weight is 283 g/mol. The van der Waals surface area contributed by atoms with Crippen LogP contribution in [0.25, 0.3) is 0 Å². The number of nitrogens with two attached hydrogens (primary N) is 1. The lowest BCUT2D eigenvalue weighted by Crippen LogP contribution is -2.07. The van der Waals surface area contributed by atoms with Crippen molar-refractivity contribution in [1.82, 2.24) is 0 Å². The Balaban J connectivity index is 1.95. The molecule has 2 rings (SSSR count). The third-order valence-electron chi connectivity index (χ3n) is 2.53. The molecule has 0 fully saturated rings. The second kappa shape index (κ2) is 5.46. The summed E-state index contributed by atoms with van der Waals surface area (Å²) in [5.74, 6) is 0.843. The zero-order valence-corrected chi connectivity index (χ0v) is 10.6. The molecule has 86 valence electrons. The molecule has 1 aliphatic heterocycles. The first-order chi connectivity index (χ1) is 7.79. The zero-order valence-electron chi connectivity index (χ0n) is 9.03. The van der Waals surface area contributed by atoms with Crippen LogP contribution in [0.15, 0.2) is 33.7 Å². The molecular formula is C12H15BrN2O. The van der Waals surface area contributed by atoms with Gasteiger partial charge in [0.15, 0.2) is 5.90 Å². The number of benzene rings is 1. The second-order valence-electron chi connectivity index (χ2n) is 3.79. The third kappa shape index (κ3) is 2.83. The molecule has 0 saturated carbocycles. The summed E-state index contributed by atoms with van der Waals surface area (Å²) in [6.07, 6.45) is 1.86. The molecule has 0 spiro atoms. The van der Waals surface area contributed by atoms with Crippen LogP contribution < -0.4 is 5.73 Å². The predicted octanol–water partition coefficient (Wildman–Crippen LogP) is 2.66. The quantitative estimate of drug-likeness (QED) is 0.923. The Bertz CT molecular complexity index is 392. The molecule has 0 saturated heterocycles. The highest BCUT2D eigenvalue weighted by atomic mass is 79.9. The Labute approximate surface area is 104 Å². The lowest BCUT2D eigenvalue weighted by Gasteiger charge is -2.11. The van der Waals surface area contributed by atoms with Gasteiger partial charge in [0.25, 0.3) is 0 Å². The van der Waals surface area contributed by atoms with Gasteiger partial charge >= 0.3 is 0 Å². The fourth-order valence-corrected chi connectivity index (χ4v) is 2.11. The number of aliphatic imine (C=N–C) groups is 1. The summed E-state index contributed by atoms with van der Waals surface area (Å²) in [4.78, 5) is 4.38. The summed E-state index contributed by atoms with van der Waals surface area (Å²) in [7, 11) is 0. The number of hydrogen-bond acceptors (Lipinski definition) is 3. The van der Waals surface area contributed by atoms with Crippen molar-refractivity contribution in [3.8, 4) is 0 Å². The van der Waals surface area contributed by atoms with Gasteiger partial charge in [0.1, 0.15) is 6.10 Å². The van der Waals surface area contributed by atoms with Gasteiger partial charge in [-0.2, -0.15) is 0 Å². The molecule has 0 aliphatic carbocycles. The maximum absolute atomic E-state index is 5.78. The van der Waals surface area contributed by atoms with E-state index in [0.717, 1.165) is 29.8 Å². The van der Waals surface area contributed by atoms with Crippen molar-refractivity contribution in [2.75, 3.05) is 13.1 Å². The van der Waals surface area contributed by atoms with Crippen LogP contribution >= 0.6 is 15.9 Å². The van der Waals surface area contributed by atoms with Crippen LogP contribution in [0.3, 0.4) is 0 Å². The molecule has 1 aliphatic rings. The van der Waals surface area contributed by atoms with Gasteiger partial charge in [-0.3, -0.25) is 4.99 Å². The van der Waals surface area contributed by atoms with Crippen LogP contribution in [-0.4, -0.2) is 19.0 Å². The second-order valence-corrected chi connectivity index (χ2v) is 4.70. The van der Waals surface area contributed by atoms with Crippen LogP contribution in [0.5, 0.6) is 0 Å². The molecule has 3 nitrogen and oxygen atoms in total. The Kier molecular flexibility index (Phi) is 3.96. The number of rotatable bonds is 4. The van der Waals surface area contributed by atoms with Crippen molar-refractivity contribution >= 4 is 21.8 Å². The Morgan fingerprint density at radius 3 is 3.12 bits per heavy atom. The molecule has 4 heteroatoms. The summed E-state index contributed by atoms with van der Waals surface area (Å²) < 4.78 is 6.85. The summed E-state index contributed by atoms with van der Waals surface area (Å²) in [6.45, 7) is 1.40. The van der Waals surface area contributed by atoms with E-state index in [1.54, 1.807) is 0 Å². The largest absolute Gasteiger partial charge is 0.471 e. The number of hydrogen-bond donors (Lipinski definition) is 1. The van der Waals surface area contributed by atoms with Crippen molar-refractivity contribution < 1.29 is 4.74 Å². The Morgan fingerprint density at radius 1 is 1.50 bits per heavy atom. The first kappa shape index (κ1) is 11.6. The van der Waals surface area contributed by atoms with Crippen LogP contribution in [-0.2, 0) is 4.74 Å². The van der Waals surface area contributed by atoms with E-state index < -0.39 is 0 Å². The maximum atomic E-state index is 5.78. The number of ether oxygens (including phenoxy) is 1. The highest BCUT2D eigenvalue weighted by molar-refractivity contribution is 9.10. The third-order valence-corrected chi connectivity index (χ3v) is 3.02. The standard InChI is InChI=1S/C12H15BrN2O/c13-10-4-1-3-9(7-10)11-8-15-12(16-11)5-2-6-14/h1,3-4,7,11H,2,5-6,8,14H2. The van der Waals surface area contributed by atoms with Crippen molar-refractivity contribution in [1.29, 1.82) is 0 Å². The van der Waals surface area contributed by atoms with Crippen LogP contribution in [0.2, 0.25) is 0 Å². The van der Waals surface area contributed by atoms with Gasteiger partial charge in [-0.05, 0) is 30.7 Å². The fraction of sp³-hybridized carbons (Fsp3) is 0.417. The van der Waals surface area contributed by atoms with E-state index in [2.05, 4.69) is 33.1 Å². The summed E-state index contributed by atoms with van der Waals surface area (Å²) >= 11 is 3.46. The van der Waals surface area contributed by atoms with E-state index in [1.165, 1.54) is 5.56 Å².